The van der Waals surface area contributed by atoms with E-state index in [1.54, 1.807) is 4.90 Å². The average Bonchev–Trinajstić information content (AvgIpc) is 3.13. The molecule has 3 aliphatic heterocycles. The molecule has 0 bridgehead atoms. The molecule has 1 unspecified atom stereocenters. The third kappa shape index (κ3) is 5.30. The molecule has 1 aromatic carbocycles. The van der Waals surface area contributed by atoms with Crippen molar-refractivity contribution in [1.82, 2.24) is 14.7 Å². The van der Waals surface area contributed by atoms with Crippen LogP contribution in [0.15, 0.2) is 24.3 Å². The van der Waals surface area contributed by atoms with Gasteiger partial charge >= 0.3 is 0 Å². The third-order valence-electron chi connectivity index (χ3n) is 7.22. The van der Waals surface area contributed by atoms with Crippen molar-refractivity contribution < 1.29 is 18.8 Å². The second kappa shape index (κ2) is 10.5. The molecule has 3 heterocycles. The summed E-state index contributed by atoms with van der Waals surface area (Å²) in [6, 6.07) is 5.57. The first-order chi connectivity index (χ1) is 15.5. The summed E-state index contributed by atoms with van der Waals surface area (Å²) >= 11 is 0. The zero-order valence-electron chi connectivity index (χ0n) is 18.8. The second-order valence-electron chi connectivity index (χ2n) is 9.44. The van der Waals surface area contributed by atoms with Crippen LogP contribution in [0.2, 0.25) is 0 Å². The van der Waals surface area contributed by atoms with Crippen molar-refractivity contribution in [3.8, 4) is 0 Å². The zero-order chi connectivity index (χ0) is 22.5. The highest BCUT2D eigenvalue weighted by Crippen LogP contribution is 2.26. The van der Waals surface area contributed by atoms with Gasteiger partial charge in [0.25, 0.3) is 5.91 Å². The fourth-order valence-corrected chi connectivity index (χ4v) is 5.29. The van der Waals surface area contributed by atoms with Gasteiger partial charge in [0.15, 0.2) is 0 Å². The van der Waals surface area contributed by atoms with Crippen LogP contribution in [-0.4, -0.2) is 71.7 Å². The number of hydrogen-bond donors (Lipinski definition) is 0. The van der Waals surface area contributed by atoms with E-state index in [0.29, 0.717) is 31.7 Å². The van der Waals surface area contributed by atoms with E-state index >= 15 is 0 Å². The Morgan fingerprint density at radius 2 is 1.22 bits per heavy atom. The van der Waals surface area contributed by atoms with Gasteiger partial charge in [-0.25, -0.2) is 4.39 Å². The fourth-order valence-electron chi connectivity index (χ4n) is 5.29. The molecule has 0 spiro atoms. The summed E-state index contributed by atoms with van der Waals surface area (Å²) < 4.78 is 13.2. The molecule has 3 amide bonds. The first-order valence-corrected chi connectivity index (χ1v) is 12.2. The molecule has 0 saturated carbocycles. The van der Waals surface area contributed by atoms with Gasteiger partial charge in [0.1, 0.15) is 5.82 Å². The van der Waals surface area contributed by atoms with Crippen molar-refractivity contribution in [1.29, 1.82) is 0 Å². The molecule has 3 aliphatic rings. The van der Waals surface area contributed by atoms with Crippen LogP contribution in [0.1, 0.15) is 61.7 Å². The zero-order valence-corrected chi connectivity index (χ0v) is 18.8. The van der Waals surface area contributed by atoms with Gasteiger partial charge < -0.3 is 14.7 Å². The average molecular weight is 444 g/mol. The smallest absolute Gasteiger partial charge is 0.253 e. The van der Waals surface area contributed by atoms with Crippen LogP contribution in [0.5, 0.6) is 0 Å². The van der Waals surface area contributed by atoms with Crippen LogP contribution >= 0.6 is 0 Å². The molecule has 32 heavy (non-hydrogen) atoms. The van der Waals surface area contributed by atoms with Gasteiger partial charge in [0.05, 0.1) is 5.92 Å². The SMILES string of the molecule is O=C(c1ccc(F)cc1)N1CCCC(C(=O)N2CCC(C(=O)N3CCCCCC3)CC2)C1. The molecular weight excluding hydrogens is 409 g/mol. The minimum absolute atomic E-state index is 0.0278. The third-order valence-corrected chi connectivity index (χ3v) is 7.22. The van der Waals surface area contributed by atoms with Crippen LogP contribution < -0.4 is 0 Å². The number of carbonyl (C=O) groups excluding carboxylic acids is 3. The van der Waals surface area contributed by atoms with Gasteiger partial charge in [-0.15, -0.1) is 0 Å². The van der Waals surface area contributed by atoms with Crippen LogP contribution in [0.3, 0.4) is 0 Å². The van der Waals surface area contributed by atoms with E-state index in [1.165, 1.54) is 37.1 Å². The predicted octanol–water partition coefficient (Wildman–Crippen LogP) is 3.32. The molecular formula is C25H34FN3O3. The molecule has 0 radical (unpaired) electrons. The Morgan fingerprint density at radius 1 is 0.656 bits per heavy atom. The summed E-state index contributed by atoms with van der Waals surface area (Å²) in [6.07, 6.45) is 7.62. The Kier molecular flexibility index (Phi) is 7.43. The normalized spacial score (nSPS) is 23.0. The van der Waals surface area contributed by atoms with Crippen molar-refractivity contribution in [2.75, 3.05) is 39.3 Å². The number of piperidine rings is 2. The minimum Gasteiger partial charge on any atom is -0.342 e. The van der Waals surface area contributed by atoms with Crippen molar-refractivity contribution >= 4 is 17.7 Å². The molecule has 3 saturated heterocycles. The highest BCUT2D eigenvalue weighted by Gasteiger charge is 2.35. The van der Waals surface area contributed by atoms with E-state index in [1.807, 2.05) is 9.80 Å². The van der Waals surface area contributed by atoms with E-state index in [-0.39, 0.29) is 35.4 Å². The lowest BCUT2D eigenvalue weighted by molar-refractivity contribution is -0.143. The van der Waals surface area contributed by atoms with Gasteiger partial charge in [-0.3, -0.25) is 14.4 Å². The van der Waals surface area contributed by atoms with Crippen molar-refractivity contribution in [2.45, 2.75) is 51.4 Å². The molecule has 7 heteroatoms. The molecule has 0 aromatic heterocycles. The summed E-state index contributed by atoms with van der Waals surface area (Å²) in [7, 11) is 0. The Balaban J connectivity index is 1.29. The Hall–Kier alpha value is -2.44. The van der Waals surface area contributed by atoms with Crippen LogP contribution in [0, 0.1) is 17.7 Å². The number of benzene rings is 1. The van der Waals surface area contributed by atoms with Crippen molar-refractivity contribution in [2.24, 2.45) is 11.8 Å². The maximum Gasteiger partial charge on any atom is 0.253 e. The minimum atomic E-state index is -0.369. The molecule has 1 aromatic rings. The summed E-state index contributed by atoms with van der Waals surface area (Å²) in [5.41, 5.74) is 0.451. The lowest BCUT2D eigenvalue weighted by atomic mass is 9.91. The maximum atomic E-state index is 13.2. The lowest BCUT2D eigenvalue weighted by Crippen LogP contribution is -2.50. The van der Waals surface area contributed by atoms with E-state index in [2.05, 4.69) is 0 Å². The van der Waals surface area contributed by atoms with Gasteiger partial charge in [-0.2, -0.15) is 0 Å². The first kappa shape index (κ1) is 22.7. The number of halogens is 1. The molecule has 6 nitrogen and oxygen atoms in total. The molecule has 0 aliphatic carbocycles. The van der Waals surface area contributed by atoms with Gasteiger partial charge in [-0.1, -0.05) is 12.8 Å². The standard InChI is InChI=1S/C25H34FN3O3/c26-22-9-7-19(8-10-22)24(31)29-15-5-6-21(18-29)25(32)28-16-11-20(12-17-28)23(30)27-13-3-1-2-4-14-27/h7-10,20-21H,1-6,11-18H2. The lowest BCUT2D eigenvalue weighted by Gasteiger charge is -2.38. The van der Waals surface area contributed by atoms with Gasteiger partial charge in [0.2, 0.25) is 11.8 Å². The van der Waals surface area contributed by atoms with Crippen molar-refractivity contribution in [3.63, 3.8) is 0 Å². The van der Waals surface area contributed by atoms with Gasteiger partial charge in [0, 0.05) is 50.7 Å². The molecule has 174 valence electrons. The number of hydrogen-bond acceptors (Lipinski definition) is 3. The van der Waals surface area contributed by atoms with E-state index in [9.17, 15) is 18.8 Å². The Morgan fingerprint density at radius 3 is 1.88 bits per heavy atom. The van der Waals surface area contributed by atoms with Crippen LogP contribution in [0.25, 0.3) is 0 Å². The number of nitrogens with zero attached hydrogens (tertiary/aromatic N) is 3. The van der Waals surface area contributed by atoms with Gasteiger partial charge in [-0.05, 0) is 62.8 Å². The van der Waals surface area contributed by atoms with E-state index in [4.69, 9.17) is 0 Å². The number of amides is 3. The number of rotatable bonds is 3. The van der Waals surface area contributed by atoms with Crippen LogP contribution in [-0.2, 0) is 9.59 Å². The molecule has 3 fully saturated rings. The Bertz CT molecular complexity index is 812. The highest BCUT2D eigenvalue weighted by molar-refractivity contribution is 5.94. The van der Waals surface area contributed by atoms with Crippen LogP contribution in [0.4, 0.5) is 4.39 Å². The Labute approximate surface area is 189 Å². The summed E-state index contributed by atoms with van der Waals surface area (Å²) in [6.45, 7) is 4.00. The molecule has 4 rings (SSSR count). The second-order valence-corrected chi connectivity index (χ2v) is 9.44. The molecule has 0 N–H and O–H groups in total. The van der Waals surface area contributed by atoms with Crippen molar-refractivity contribution in [3.05, 3.63) is 35.6 Å². The maximum absolute atomic E-state index is 13.2. The molecule has 1 atom stereocenters. The fraction of sp³-hybridized carbons (Fsp3) is 0.640. The largest absolute Gasteiger partial charge is 0.342 e. The van der Waals surface area contributed by atoms with E-state index in [0.717, 1.165) is 51.6 Å². The number of likely N-dealkylation sites (tertiary alicyclic amines) is 3. The van der Waals surface area contributed by atoms with E-state index < -0.39 is 0 Å². The first-order valence-electron chi connectivity index (χ1n) is 12.2. The summed E-state index contributed by atoms with van der Waals surface area (Å²) in [5.74, 6) is -0.323. The number of carbonyl (C=O) groups is 3. The summed E-state index contributed by atoms with van der Waals surface area (Å²) in [5, 5.41) is 0. The predicted molar refractivity (Wildman–Crippen MR) is 119 cm³/mol. The topological polar surface area (TPSA) is 60.9 Å². The monoisotopic (exact) mass is 443 g/mol. The highest BCUT2D eigenvalue weighted by atomic mass is 19.1. The summed E-state index contributed by atoms with van der Waals surface area (Å²) in [4.78, 5) is 44.5. The quantitative estimate of drug-likeness (QED) is 0.720.